The smallest absolute Gasteiger partial charge is 0.289 e. The minimum Gasteiger partial charge on any atom is -0.494 e. The van der Waals surface area contributed by atoms with E-state index in [0.29, 0.717) is 26.4 Å². The Morgan fingerprint density at radius 3 is 3.00 bits per heavy atom. The molecule has 23 heavy (non-hydrogen) atoms. The van der Waals surface area contributed by atoms with Crippen molar-refractivity contribution in [2.45, 2.75) is 32.9 Å². The molecule has 1 aromatic carbocycles. The highest BCUT2D eigenvalue weighted by Crippen LogP contribution is 2.35. The molecule has 1 amide bonds. The molecule has 6 heteroatoms. The van der Waals surface area contributed by atoms with Gasteiger partial charge < -0.3 is 24.3 Å². The van der Waals surface area contributed by atoms with Gasteiger partial charge in [0.15, 0.2) is 0 Å². The standard InChI is InChI=1S/C17H21NO5/c1-3-21-14-7-12-6-11(2)23-15(12)8-13(14)9-18-17(19)16-10-20-4-5-22-16/h7-8,10-11H,3-6,9H2,1-2H3,(H,18,19). The lowest BCUT2D eigenvalue weighted by Gasteiger charge is -2.16. The summed E-state index contributed by atoms with van der Waals surface area (Å²) in [5, 5.41) is 2.82. The number of rotatable bonds is 5. The summed E-state index contributed by atoms with van der Waals surface area (Å²) in [5.41, 5.74) is 2.02. The van der Waals surface area contributed by atoms with Gasteiger partial charge in [0.05, 0.1) is 6.61 Å². The minimum absolute atomic E-state index is 0.169. The van der Waals surface area contributed by atoms with Gasteiger partial charge in [-0.1, -0.05) is 0 Å². The van der Waals surface area contributed by atoms with E-state index >= 15 is 0 Å². The highest BCUT2D eigenvalue weighted by molar-refractivity contribution is 5.91. The van der Waals surface area contributed by atoms with Gasteiger partial charge in [0.25, 0.3) is 5.91 Å². The molecule has 0 saturated heterocycles. The summed E-state index contributed by atoms with van der Waals surface area (Å²) < 4.78 is 21.8. The molecule has 0 fully saturated rings. The van der Waals surface area contributed by atoms with Gasteiger partial charge in [-0.2, -0.15) is 0 Å². The first-order valence-electron chi connectivity index (χ1n) is 7.85. The molecule has 0 radical (unpaired) electrons. The van der Waals surface area contributed by atoms with E-state index in [0.717, 1.165) is 29.0 Å². The van der Waals surface area contributed by atoms with Crippen molar-refractivity contribution in [3.05, 3.63) is 35.3 Å². The second-order valence-electron chi connectivity index (χ2n) is 5.52. The van der Waals surface area contributed by atoms with Crippen LogP contribution >= 0.6 is 0 Å². The maximum Gasteiger partial charge on any atom is 0.289 e. The maximum absolute atomic E-state index is 12.1. The zero-order valence-electron chi connectivity index (χ0n) is 13.4. The van der Waals surface area contributed by atoms with E-state index in [-0.39, 0.29) is 17.8 Å². The molecule has 0 saturated carbocycles. The number of hydrogen-bond acceptors (Lipinski definition) is 5. The molecule has 1 atom stereocenters. The number of carbonyl (C=O) groups excluding carboxylic acids is 1. The van der Waals surface area contributed by atoms with Crippen LogP contribution in [0, 0.1) is 0 Å². The molecule has 1 N–H and O–H groups in total. The predicted octanol–water partition coefficient (Wildman–Crippen LogP) is 1.91. The van der Waals surface area contributed by atoms with Crippen molar-refractivity contribution in [3.8, 4) is 11.5 Å². The fraction of sp³-hybridized carbons (Fsp3) is 0.471. The third kappa shape index (κ3) is 3.52. The van der Waals surface area contributed by atoms with E-state index in [2.05, 4.69) is 5.32 Å². The van der Waals surface area contributed by atoms with Crippen molar-refractivity contribution in [2.75, 3.05) is 19.8 Å². The van der Waals surface area contributed by atoms with Gasteiger partial charge in [0.2, 0.25) is 5.76 Å². The predicted molar refractivity (Wildman–Crippen MR) is 83.2 cm³/mol. The zero-order valence-corrected chi connectivity index (χ0v) is 13.4. The van der Waals surface area contributed by atoms with Crippen LogP contribution in [0.4, 0.5) is 0 Å². The Labute approximate surface area is 135 Å². The Morgan fingerprint density at radius 2 is 2.26 bits per heavy atom. The van der Waals surface area contributed by atoms with Crippen molar-refractivity contribution in [1.29, 1.82) is 0 Å². The third-order valence-corrected chi connectivity index (χ3v) is 3.69. The van der Waals surface area contributed by atoms with Crippen LogP contribution in [-0.2, 0) is 27.2 Å². The Kier molecular flexibility index (Phi) is 4.60. The SMILES string of the molecule is CCOc1cc2c(cc1CNC(=O)C1=COCCO1)OC(C)C2. The van der Waals surface area contributed by atoms with Gasteiger partial charge in [0, 0.05) is 24.1 Å². The first-order valence-corrected chi connectivity index (χ1v) is 7.85. The number of fused-ring (bicyclic) bond motifs is 1. The number of hydrogen-bond donors (Lipinski definition) is 1. The van der Waals surface area contributed by atoms with Crippen molar-refractivity contribution in [1.82, 2.24) is 5.32 Å². The molecule has 0 aromatic heterocycles. The second kappa shape index (κ2) is 6.81. The summed E-state index contributed by atoms with van der Waals surface area (Å²) in [5.74, 6) is 1.53. The number of nitrogens with one attached hydrogen (secondary N) is 1. The van der Waals surface area contributed by atoms with Crippen LogP contribution in [0.15, 0.2) is 24.2 Å². The van der Waals surface area contributed by atoms with Crippen LogP contribution in [0.3, 0.4) is 0 Å². The van der Waals surface area contributed by atoms with Gasteiger partial charge in [-0.25, -0.2) is 0 Å². The van der Waals surface area contributed by atoms with Gasteiger partial charge in [-0.15, -0.1) is 0 Å². The summed E-state index contributed by atoms with van der Waals surface area (Å²) in [4.78, 5) is 12.1. The van der Waals surface area contributed by atoms with Crippen LogP contribution < -0.4 is 14.8 Å². The fourth-order valence-corrected chi connectivity index (χ4v) is 2.66. The van der Waals surface area contributed by atoms with Crippen LogP contribution in [0.25, 0.3) is 0 Å². The molecule has 0 aliphatic carbocycles. The molecule has 124 valence electrons. The molecular weight excluding hydrogens is 298 g/mol. The molecule has 1 aromatic rings. The van der Waals surface area contributed by atoms with Gasteiger partial charge in [-0.3, -0.25) is 4.79 Å². The molecule has 2 aliphatic rings. The number of carbonyl (C=O) groups is 1. The normalized spacial score (nSPS) is 18.9. The van der Waals surface area contributed by atoms with Gasteiger partial charge >= 0.3 is 0 Å². The highest BCUT2D eigenvalue weighted by atomic mass is 16.6. The van der Waals surface area contributed by atoms with E-state index in [4.69, 9.17) is 18.9 Å². The van der Waals surface area contributed by atoms with Crippen LogP contribution in [0.5, 0.6) is 11.5 Å². The largest absolute Gasteiger partial charge is 0.494 e. The first-order chi connectivity index (χ1) is 11.2. The van der Waals surface area contributed by atoms with E-state index in [1.807, 2.05) is 26.0 Å². The molecule has 0 bridgehead atoms. The van der Waals surface area contributed by atoms with E-state index in [9.17, 15) is 4.79 Å². The van der Waals surface area contributed by atoms with Crippen LogP contribution in [0.2, 0.25) is 0 Å². The van der Waals surface area contributed by atoms with E-state index in [1.165, 1.54) is 6.26 Å². The average molecular weight is 319 g/mol. The minimum atomic E-state index is -0.304. The quantitative estimate of drug-likeness (QED) is 0.898. The fourth-order valence-electron chi connectivity index (χ4n) is 2.66. The lowest BCUT2D eigenvalue weighted by Crippen LogP contribution is -2.28. The molecule has 1 unspecified atom stereocenters. The van der Waals surface area contributed by atoms with Gasteiger partial charge in [-0.05, 0) is 26.0 Å². The Morgan fingerprint density at radius 1 is 1.39 bits per heavy atom. The summed E-state index contributed by atoms with van der Waals surface area (Å²) in [6, 6.07) is 3.94. The molecule has 0 spiro atoms. The van der Waals surface area contributed by atoms with E-state index in [1.54, 1.807) is 0 Å². The Balaban J connectivity index is 1.72. The summed E-state index contributed by atoms with van der Waals surface area (Å²) in [6.45, 7) is 5.72. The number of amides is 1. The second-order valence-corrected chi connectivity index (χ2v) is 5.52. The van der Waals surface area contributed by atoms with Gasteiger partial charge in [0.1, 0.15) is 37.1 Å². The van der Waals surface area contributed by atoms with Crippen LogP contribution in [-0.4, -0.2) is 31.8 Å². The van der Waals surface area contributed by atoms with Crippen molar-refractivity contribution in [3.63, 3.8) is 0 Å². The van der Waals surface area contributed by atoms with Crippen LogP contribution in [0.1, 0.15) is 25.0 Å². The first kappa shape index (κ1) is 15.5. The summed E-state index contributed by atoms with van der Waals surface area (Å²) in [7, 11) is 0. The highest BCUT2D eigenvalue weighted by Gasteiger charge is 2.22. The lowest BCUT2D eigenvalue weighted by atomic mass is 10.1. The molecule has 3 rings (SSSR count). The Bertz CT molecular complexity index is 626. The number of benzene rings is 1. The van der Waals surface area contributed by atoms with Crippen molar-refractivity contribution < 1.29 is 23.7 Å². The average Bonchev–Trinajstić information content (AvgIpc) is 2.92. The maximum atomic E-state index is 12.1. The van der Waals surface area contributed by atoms with Crippen molar-refractivity contribution >= 4 is 5.91 Å². The molecule has 2 heterocycles. The summed E-state index contributed by atoms with van der Waals surface area (Å²) >= 11 is 0. The van der Waals surface area contributed by atoms with E-state index < -0.39 is 0 Å². The zero-order chi connectivity index (χ0) is 16.2. The number of ether oxygens (including phenoxy) is 4. The van der Waals surface area contributed by atoms with Crippen molar-refractivity contribution in [2.24, 2.45) is 0 Å². The molecule has 6 nitrogen and oxygen atoms in total. The third-order valence-electron chi connectivity index (χ3n) is 3.69. The lowest BCUT2D eigenvalue weighted by molar-refractivity contribution is -0.122. The topological polar surface area (TPSA) is 66.0 Å². The molecule has 2 aliphatic heterocycles. The molecular formula is C17H21NO5. The summed E-state index contributed by atoms with van der Waals surface area (Å²) in [6.07, 6.45) is 2.39. The monoisotopic (exact) mass is 319 g/mol. The Hall–Kier alpha value is -2.37.